The molecule has 1 aliphatic rings. The van der Waals surface area contributed by atoms with Gasteiger partial charge >= 0.3 is 6.03 Å². The summed E-state index contributed by atoms with van der Waals surface area (Å²) in [5.41, 5.74) is 1.08. The quantitative estimate of drug-likeness (QED) is 0.919. The Labute approximate surface area is 145 Å². The predicted molar refractivity (Wildman–Crippen MR) is 91.4 cm³/mol. The Morgan fingerprint density at radius 2 is 2.08 bits per heavy atom. The summed E-state index contributed by atoms with van der Waals surface area (Å²) >= 11 is 0. The van der Waals surface area contributed by atoms with Crippen molar-refractivity contribution < 1.29 is 18.7 Å². The van der Waals surface area contributed by atoms with Crippen molar-refractivity contribution >= 4 is 11.7 Å². The lowest BCUT2D eigenvalue weighted by Crippen LogP contribution is -2.34. The average Bonchev–Trinajstić information content (AvgIpc) is 3.13. The van der Waals surface area contributed by atoms with Crippen LogP contribution in [0.2, 0.25) is 0 Å². The zero-order valence-corrected chi connectivity index (χ0v) is 14.2. The van der Waals surface area contributed by atoms with Crippen LogP contribution in [0.5, 0.6) is 11.5 Å². The first-order chi connectivity index (χ1) is 12.1. The van der Waals surface area contributed by atoms with E-state index in [2.05, 4.69) is 10.3 Å². The summed E-state index contributed by atoms with van der Waals surface area (Å²) in [6.07, 6.45) is 4.23. The number of aromatic nitrogens is 1. The number of carbonyl (C=O) groups excluding carboxylic acids is 1. The zero-order chi connectivity index (χ0) is 17.8. The minimum Gasteiger partial charge on any atom is -0.493 e. The van der Waals surface area contributed by atoms with Crippen LogP contribution in [0.15, 0.2) is 36.7 Å². The fourth-order valence-corrected chi connectivity index (χ4v) is 3.08. The lowest BCUT2D eigenvalue weighted by Gasteiger charge is -2.26. The number of methoxy groups -OCH3 is 2. The SMILES string of the molecule is COc1ccc([C@H]2CCCN2C(=O)Nc2ccncc2F)cc1OC. The first-order valence-electron chi connectivity index (χ1n) is 8.03. The second-order valence-electron chi connectivity index (χ2n) is 5.75. The van der Waals surface area contributed by atoms with E-state index in [0.29, 0.717) is 18.0 Å². The second kappa shape index (κ2) is 7.38. The number of likely N-dealkylation sites (tertiary alicyclic amines) is 1. The van der Waals surface area contributed by atoms with Gasteiger partial charge in [-0.1, -0.05) is 6.07 Å². The van der Waals surface area contributed by atoms with Crippen LogP contribution in [-0.2, 0) is 0 Å². The Kier molecular flexibility index (Phi) is 5.02. The molecule has 0 saturated carbocycles. The average molecular weight is 345 g/mol. The zero-order valence-electron chi connectivity index (χ0n) is 14.2. The number of nitrogens with one attached hydrogen (secondary N) is 1. The largest absolute Gasteiger partial charge is 0.493 e. The Balaban J connectivity index is 1.80. The summed E-state index contributed by atoms with van der Waals surface area (Å²) in [5, 5.41) is 2.62. The second-order valence-corrected chi connectivity index (χ2v) is 5.75. The van der Waals surface area contributed by atoms with Gasteiger partial charge in [-0.3, -0.25) is 4.98 Å². The van der Waals surface area contributed by atoms with Gasteiger partial charge in [-0.2, -0.15) is 0 Å². The molecule has 1 saturated heterocycles. The molecule has 0 bridgehead atoms. The van der Waals surface area contributed by atoms with Gasteiger partial charge in [-0.05, 0) is 36.6 Å². The van der Waals surface area contributed by atoms with Gasteiger partial charge in [0.25, 0.3) is 0 Å². The predicted octanol–water partition coefficient (Wildman–Crippen LogP) is 3.61. The number of amides is 2. The lowest BCUT2D eigenvalue weighted by atomic mass is 10.0. The molecular weight excluding hydrogens is 325 g/mol. The fraction of sp³-hybridized carbons (Fsp3) is 0.333. The van der Waals surface area contributed by atoms with Crippen molar-refractivity contribution in [3.8, 4) is 11.5 Å². The van der Waals surface area contributed by atoms with Crippen molar-refractivity contribution in [2.45, 2.75) is 18.9 Å². The number of hydrogen-bond donors (Lipinski definition) is 1. The molecule has 0 unspecified atom stereocenters. The van der Waals surface area contributed by atoms with Crippen LogP contribution < -0.4 is 14.8 Å². The van der Waals surface area contributed by atoms with Gasteiger partial charge in [-0.25, -0.2) is 9.18 Å². The van der Waals surface area contributed by atoms with Gasteiger partial charge in [0.1, 0.15) is 0 Å². The molecule has 2 aromatic rings. The summed E-state index contributed by atoms with van der Waals surface area (Å²) in [6.45, 7) is 0.609. The number of pyridine rings is 1. The lowest BCUT2D eigenvalue weighted by molar-refractivity contribution is 0.207. The van der Waals surface area contributed by atoms with Gasteiger partial charge in [0, 0.05) is 12.7 Å². The number of benzene rings is 1. The third-order valence-electron chi connectivity index (χ3n) is 4.32. The van der Waals surface area contributed by atoms with Crippen molar-refractivity contribution in [2.24, 2.45) is 0 Å². The van der Waals surface area contributed by atoms with Gasteiger partial charge in [-0.15, -0.1) is 0 Å². The van der Waals surface area contributed by atoms with Crippen LogP contribution in [0.3, 0.4) is 0 Å². The topological polar surface area (TPSA) is 63.7 Å². The van der Waals surface area contributed by atoms with Crippen molar-refractivity contribution in [3.05, 3.63) is 48.0 Å². The number of ether oxygens (including phenoxy) is 2. The highest BCUT2D eigenvalue weighted by Gasteiger charge is 2.31. The highest BCUT2D eigenvalue weighted by atomic mass is 19.1. The first-order valence-corrected chi connectivity index (χ1v) is 8.03. The standard InChI is InChI=1S/C18H20FN3O3/c1-24-16-6-5-12(10-17(16)25-2)15-4-3-9-22(15)18(23)21-14-7-8-20-11-13(14)19/h5-8,10-11,15H,3-4,9H2,1-2H3,(H,20,21,23)/t15-/m1/s1. The van der Waals surface area contributed by atoms with Gasteiger partial charge in [0.15, 0.2) is 17.3 Å². The third-order valence-corrected chi connectivity index (χ3v) is 4.32. The van der Waals surface area contributed by atoms with E-state index >= 15 is 0 Å². The molecule has 132 valence electrons. The Bertz CT molecular complexity index is 769. The van der Waals surface area contributed by atoms with Crippen LogP contribution in [0.4, 0.5) is 14.9 Å². The van der Waals surface area contributed by atoms with Crippen LogP contribution in [0.1, 0.15) is 24.4 Å². The van der Waals surface area contributed by atoms with E-state index in [1.54, 1.807) is 19.1 Å². The highest BCUT2D eigenvalue weighted by molar-refractivity contribution is 5.89. The third kappa shape index (κ3) is 3.50. The fourth-order valence-electron chi connectivity index (χ4n) is 3.08. The number of hydrogen-bond acceptors (Lipinski definition) is 4. The van der Waals surface area contributed by atoms with Crippen molar-refractivity contribution in [1.29, 1.82) is 0 Å². The molecular formula is C18H20FN3O3. The molecule has 1 aliphatic heterocycles. The van der Waals surface area contributed by atoms with E-state index in [4.69, 9.17) is 9.47 Å². The van der Waals surface area contributed by atoms with Gasteiger partial charge in [0.05, 0.1) is 32.1 Å². The Morgan fingerprint density at radius 3 is 2.80 bits per heavy atom. The summed E-state index contributed by atoms with van der Waals surface area (Å²) < 4.78 is 24.3. The van der Waals surface area contributed by atoms with Crippen LogP contribution in [0, 0.1) is 5.82 Å². The molecule has 7 heteroatoms. The highest BCUT2D eigenvalue weighted by Crippen LogP contribution is 2.37. The van der Waals surface area contributed by atoms with E-state index in [9.17, 15) is 9.18 Å². The monoisotopic (exact) mass is 345 g/mol. The molecule has 1 atom stereocenters. The van der Waals surface area contributed by atoms with E-state index in [-0.39, 0.29) is 17.8 Å². The van der Waals surface area contributed by atoms with Crippen molar-refractivity contribution in [1.82, 2.24) is 9.88 Å². The number of anilines is 1. The smallest absolute Gasteiger partial charge is 0.322 e. The number of halogens is 1. The summed E-state index contributed by atoms with van der Waals surface area (Å²) in [6, 6.07) is 6.64. The van der Waals surface area contributed by atoms with E-state index in [0.717, 1.165) is 24.6 Å². The normalized spacial score (nSPS) is 16.6. The van der Waals surface area contributed by atoms with E-state index in [1.807, 2.05) is 18.2 Å². The van der Waals surface area contributed by atoms with Crippen LogP contribution >= 0.6 is 0 Å². The Morgan fingerprint density at radius 1 is 1.28 bits per heavy atom. The summed E-state index contributed by atoms with van der Waals surface area (Å²) in [4.78, 5) is 18.0. The number of rotatable bonds is 4. The number of urea groups is 1. The van der Waals surface area contributed by atoms with Crippen molar-refractivity contribution in [3.63, 3.8) is 0 Å². The number of carbonyl (C=O) groups is 1. The maximum Gasteiger partial charge on any atom is 0.322 e. The molecule has 25 heavy (non-hydrogen) atoms. The molecule has 0 radical (unpaired) electrons. The molecule has 6 nitrogen and oxygen atoms in total. The molecule has 2 amide bonds. The van der Waals surface area contributed by atoms with Crippen molar-refractivity contribution in [2.75, 3.05) is 26.1 Å². The maximum absolute atomic E-state index is 13.7. The molecule has 1 fully saturated rings. The minimum atomic E-state index is -0.558. The molecule has 3 rings (SSSR count). The summed E-state index contributed by atoms with van der Waals surface area (Å²) in [7, 11) is 3.16. The molecule has 1 aromatic carbocycles. The molecule has 1 aromatic heterocycles. The molecule has 2 heterocycles. The van der Waals surface area contributed by atoms with E-state index < -0.39 is 5.82 Å². The van der Waals surface area contributed by atoms with Gasteiger partial charge < -0.3 is 19.7 Å². The first kappa shape index (κ1) is 17.0. The molecule has 0 aliphatic carbocycles. The van der Waals surface area contributed by atoms with E-state index in [1.165, 1.54) is 12.3 Å². The maximum atomic E-state index is 13.7. The number of nitrogens with zero attached hydrogens (tertiary/aromatic N) is 2. The molecule has 0 spiro atoms. The molecule has 1 N–H and O–H groups in total. The van der Waals surface area contributed by atoms with Crippen LogP contribution in [0.25, 0.3) is 0 Å². The van der Waals surface area contributed by atoms with Crippen LogP contribution in [-0.4, -0.2) is 36.7 Å². The Hall–Kier alpha value is -2.83. The van der Waals surface area contributed by atoms with Gasteiger partial charge in [0.2, 0.25) is 0 Å². The minimum absolute atomic E-state index is 0.0929. The summed E-state index contributed by atoms with van der Waals surface area (Å²) in [5.74, 6) is 0.698.